The third-order valence-electron chi connectivity index (χ3n) is 4.71. The smallest absolute Gasteiger partial charge is 0.410 e. The highest BCUT2D eigenvalue weighted by atomic mass is 16.6. The molecule has 1 saturated heterocycles. The number of nitrogens with zero attached hydrogens (tertiary/aromatic N) is 4. The van der Waals surface area contributed by atoms with Gasteiger partial charge in [-0.15, -0.1) is 5.10 Å². The van der Waals surface area contributed by atoms with Gasteiger partial charge in [0.05, 0.1) is 17.8 Å². The molecule has 0 saturated carbocycles. The lowest BCUT2D eigenvalue weighted by molar-refractivity contribution is 0.0411. The van der Waals surface area contributed by atoms with E-state index in [1.807, 2.05) is 58.0 Å². The molecule has 2 heterocycles. The maximum atomic E-state index is 12.6. The molecule has 2 atom stereocenters. The van der Waals surface area contributed by atoms with Crippen LogP contribution in [0.5, 0.6) is 0 Å². The van der Waals surface area contributed by atoms with E-state index in [2.05, 4.69) is 15.6 Å². The van der Waals surface area contributed by atoms with Crippen LogP contribution in [0.25, 0.3) is 0 Å². The van der Waals surface area contributed by atoms with Gasteiger partial charge in [-0.25, -0.2) is 14.3 Å². The van der Waals surface area contributed by atoms with Crippen molar-refractivity contribution in [3.05, 3.63) is 47.8 Å². The molecule has 0 radical (unpaired) electrons. The van der Waals surface area contributed by atoms with Crippen molar-refractivity contribution in [2.24, 2.45) is 0 Å². The molecule has 1 aromatic carbocycles. The highest BCUT2D eigenvalue weighted by Crippen LogP contribution is 2.23. The highest BCUT2D eigenvalue weighted by Gasteiger charge is 2.36. The maximum absolute atomic E-state index is 12.6. The van der Waals surface area contributed by atoms with E-state index in [-0.39, 0.29) is 18.7 Å². The minimum absolute atomic E-state index is 0.211. The number of hydrogen-bond donors (Lipinski definition) is 1. The fourth-order valence-corrected chi connectivity index (χ4v) is 3.33. The Hall–Kier alpha value is -3.10. The predicted molar refractivity (Wildman–Crippen MR) is 110 cm³/mol. The van der Waals surface area contributed by atoms with Gasteiger partial charge in [0.15, 0.2) is 0 Å². The summed E-state index contributed by atoms with van der Waals surface area (Å²) in [4.78, 5) is 26.6. The topological polar surface area (TPSA) is 98.6 Å². The van der Waals surface area contributed by atoms with Crippen LogP contribution in [0.4, 0.5) is 9.59 Å². The Morgan fingerprint density at radius 3 is 2.60 bits per heavy atom. The van der Waals surface area contributed by atoms with E-state index in [4.69, 9.17) is 9.47 Å². The summed E-state index contributed by atoms with van der Waals surface area (Å²) in [5.41, 5.74) is 1.09. The van der Waals surface area contributed by atoms with Crippen LogP contribution in [0, 0.1) is 6.92 Å². The Bertz CT molecular complexity index is 862. The van der Waals surface area contributed by atoms with Crippen molar-refractivity contribution in [2.75, 3.05) is 13.1 Å². The minimum atomic E-state index is -0.592. The van der Waals surface area contributed by atoms with Crippen molar-refractivity contribution in [3.63, 3.8) is 0 Å². The second-order valence-corrected chi connectivity index (χ2v) is 8.43. The average Bonchev–Trinajstić information content (AvgIpc) is 3.12. The van der Waals surface area contributed by atoms with E-state index in [1.165, 1.54) is 0 Å². The Labute approximate surface area is 176 Å². The van der Waals surface area contributed by atoms with Gasteiger partial charge < -0.3 is 19.7 Å². The van der Waals surface area contributed by atoms with Crippen molar-refractivity contribution >= 4 is 12.2 Å². The van der Waals surface area contributed by atoms with Crippen molar-refractivity contribution < 1.29 is 19.1 Å². The number of aryl methyl sites for hydroxylation is 1. The number of carbonyl (C=O) groups is 2. The first-order valence-electron chi connectivity index (χ1n) is 10.0. The standard InChI is InChI=1S/C21H29N5O4/c1-15-12-26(24-23-15)18-13-25(20(28)29-14-16-8-6-5-7-9-16)11-10-17(18)22-19(27)30-21(2,3)4/h5-9,12,17-18H,10-11,13-14H2,1-4H3,(H,22,27)/t17-,18-/m1/s1. The lowest BCUT2D eigenvalue weighted by atomic mass is 9.99. The second kappa shape index (κ2) is 9.15. The van der Waals surface area contributed by atoms with Crippen molar-refractivity contribution in [2.45, 2.75) is 58.4 Å². The number of aromatic nitrogens is 3. The van der Waals surface area contributed by atoms with E-state index in [1.54, 1.807) is 15.8 Å². The zero-order valence-electron chi connectivity index (χ0n) is 17.9. The van der Waals surface area contributed by atoms with Gasteiger partial charge >= 0.3 is 12.2 Å². The molecular weight excluding hydrogens is 386 g/mol. The van der Waals surface area contributed by atoms with Gasteiger partial charge in [-0.2, -0.15) is 0 Å². The number of likely N-dealkylation sites (tertiary alicyclic amines) is 1. The third-order valence-corrected chi connectivity index (χ3v) is 4.71. The first-order valence-corrected chi connectivity index (χ1v) is 10.0. The lowest BCUT2D eigenvalue weighted by Gasteiger charge is -2.38. The van der Waals surface area contributed by atoms with Crippen LogP contribution in [0.15, 0.2) is 36.5 Å². The first kappa shape index (κ1) is 21.6. The summed E-state index contributed by atoms with van der Waals surface area (Å²) in [5.74, 6) is 0. The van der Waals surface area contributed by atoms with Crippen molar-refractivity contribution in [1.82, 2.24) is 25.2 Å². The molecule has 1 fully saturated rings. The quantitative estimate of drug-likeness (QED) is 0.824. The molecule has 1 aliphatic rings. The molecule has 0 aliphatic carbocycles. The molecule has 3 rings (SSSR count). The molecular formula is C21H29N5O4. The van der Waals surface area contributed by atoms with Gasteiger partial charge in [0.1, 0.15) is 12.2 Å². The van der Waals surface area contributed by atoms with Gasteiger partial charge in [0.25, 0.3) is 0 Å². The molecule has 30 heavy (non-hydrogen) atoms. The molecule has 9 heteroatoms. The molecule has 0 bridgehead atoms. The highest BCUT2D eigenvalue weighted by molar-refractivity contribution is 5.69. The monoisotopic (exact) mass is 415 g/mol. The molecule has 1 aliphatic heterocycles. The van der Waals surface area contributed by atoms with E-state index in [0.29, 0.717) is 19.5 Å². The summed E-state index contributed by atoms with van der Waals surface area (Å²) in [6, 6.07) is 9.01. The number of piperidine rings is 1. The normalized spacial score (nSPS) is 19.3. The number of alkyl carbamates (subject to hydrolysis) is 1. The SMILES string of the molecule is Cc1cn([C@@H]2CN(C(=O)OCc3ccccc3)CC[C@H]2NC(=O)OC(C)(C)C)nn1. The third kappa shape index (κ3) is 5.95. The van der Waals surface area contributed by atoms with E-state index >= 15 is 0 Å². The van der Waals surface area contributed by atoms with Crippen LogP contribution in [-0.2, 0) is 16.1 Å². The fraction of sp³-hybridized carbons (Fsp3) is 0.524. The fourth-order valence-electron chi connectivity index (χ4n) is 3.33. The van der Waals surface area contributed by atoms with Crippen molar-refractivity contribution in [3.8, 4) is 0 Å². The second-order valence-electron chi connectivity index (χ2n) is 8.43. The van der Waals surface area contributed by atoms with Gasteiger partial charge in [-0.3, -0.25) is 0 Å². The molecule has 162 valence electrons. The van der Waals surface area contributed by atoms with Crippen LogP contribution in [0.2, 0.25) is 0 Å². The van der Waals surface area contributed by atoms with Gasteiger partial charge in [-0.1, -0.05) is 35.5 Å². The van der Waals surface area contributed by atoms with Crippen LogP contribution >= 0.6 is 0 Å². The van der Waals surface area contributed by atoms with Gasteiger partial charge in [0, 0.05) is 19.3 Å². The number of carbonyl (C=O) groups excluding carboxylic acids is 2. The lowest BCUT2D eigenvalue weighted by Crippen LogP contribution is -2.53. The Morgan fingerprint density at radius 2 is 1.97 bits per heavy atom. The van der Waals surface area contributed by atoms with Crippen LogP contribution < -0.4 is 5.32 Å². The molecule has 1 aromatic heterocycles. The summed E-state index contributed by atoms with van der Waals surface area (Å²) in [6.45, 7) is 8.30. The zero-order chi connectivity index (χ0) is 21.7. The van der Waals surface area contributed by atoms with Crippen LogP contribution in [0.1, 0.15) is 44.5 Å². The number of nitrogens with one attached hydrogen (secondary N) is 1. The number of amides is 2. The van der Waals surface area contributed by atoms with Crippen molar-refractivity contribution in [1.29, 1.82) is 0 Å². The van der Waals surface area contributed by atoms with Gasteiger partial charge in [0.2, 0.25) is 0 Å². The Kier molecular flexibility index (Phi) is 6.59. The van der Waals surface area contributed by atoms with Crippen LogP contribution in [0.3, 0.4) is 0 Å². The number of ether oxygens (including phenoxy) is 2. The molecule has 0 spiro atoms. The maximum Gasteiger partial charge on any atom is 0.410 e. The predicted octanol–water partition coefficient (Wildman–Crippen LogP) is 3.06. The first-order chi connectivity index (χ1) is 14.2. The molecule has 2 amide bonds. The van der Waals surface area contributed by atoms with E-state index in [0.717, 1.165) is 11.3 Å². The zero-order valence-corrected chi connectivity index (χ0v) is 17.9. The van der Waals surface area contributed by atoms with Gasteiger partial charge in [-0.05, 0) is 39.7 Å². The molecule has 1 N–H and O–H groups in total. The summed E-state index contributed by atoms with van der Waals surface area (Å²) in [5, 5.41) is 11.1. The largest absolute Gasteiger partial charge is 0.445 e. The summed E-state index contributed by atoms with van der Waals surface area (Å²) in [6.07, 6.45) is 1.46. The molecule has 9 nitrogen and oxygen atoms in total. The summed E-state index contributed by atoms with van der Waals surface area (Å²) < 4.78 is 12.5. The summed E-state index contributed by atoms with van der Waals surface area (Å²) >= 11 is 0. The number of rotatable bonds is 4. The summed E-state index contributed by atoms with van der Waals surface area (Å²) in [7, 11) is 0. The van der Waals surface area contributed by atoms with Crippen LogP contribution in [-0.4, -0.2) is 56.8 Å². The van der Waals surface area contributed by atoms with E-state index < -0.39 is 17.8 Å². The number of benzene rings is 1. The average molecular weight is 415 g/mol. The molecule has 2 aromatic rings. The Morgan fingerprint density at radius 1 is 1.23 bits per heavy atom. The molecule has 0 unspecified atom stereocenters. The van der Waals surface area contributed by atoms with E-state index in [9.17, 15) is 9.59 Å². The minimum Gasteiger partial charge on any atom is -0.445 e. The number of hydrogen-bond acceptors (Lipinski definition) is 6. The Balaban J connectivity index is 1.66.